The van der Waals surface area contributed by atoms with Crippen molar-refractivity contribution in [3.05, 3.63) is 11.6 Å². The van der Waals surface area contributed by atoms with E-state index in [4.69, 9.17) is 4.74 Å². The predicted molar refractivity (Wildman–Crippen MR) is 67.2 cm³/mol. The fourth-order valence-electron chi connectivity index (χ4n) is 1.40. The number of nitrogens with one attached hydrogen (secondary N) is 1. The molecule has 0 radical (unpaired) electrons. The van der Waals surface area contributed by atoms with Gasteiger partial charge in [-0.15, -0.1) is 0 Å². The standard InChI is InChI=1S/C13H27NO/c1-11(2)14-9-6-7-12(3)13(4)8-10-15-5/h7,11,13-14H,6,8-10H2,1-5H3. The molecule has 2 heteroatoms. The lowest BCUT2D eigenvalue weighted by Crippen LogP contribution is -2.23. The average molecular weight is 213 g/mol. The van der Waals surface area contributed by atoms with E-state index in [0.717, 1.165) is 26.0 Å². The summed E-state index contributed by atoms with van der Waals surface area (Å²) < 4.78 is 5.08. The van der Waals surface area contributed by atoms with Gasteiger partial charge in [0.2, 0.25) is 0 Å². The van der Waals surface area contributed by atoms with Crippen molar-refractivity contribution >= 4 is 0 Å². The van der Waals surface area contributed by atoms with Crippen molar-refractivity contribution in [3.63, 3.8) is 0 Å². The van der Waals surface area contributed by atoms with Crippen LogP contribution in [0.3, 0.4) is 0 Å². The number of ether oxygens (including phenoxy) is 1. The molecule has 2 nitrogen and oxygen atoms in total. The Balaban J connectivity index is 3.66. The molecule has 0 aromatic carbocycles. The highest BCUT2D eigenvalue weighted by Gasteiger charge is 2.03. The lowest BCUT2D eigenvalue weighted by atomic mass is 9.98. The van der Waals surface area contributed by atoms with Crippen LogP contribution in [0.5, 0.6) is 0 Å². The van der Waals surface area contributed by atoms with Gasteiger partial charge in [0.1, 0.15) is 0 Å². The number of hydrogen-bond acceptors (Lipinski definition) is 2. The molecular formula is C13H27NO. The van der Waals surface area contributed by atoms with E-state index in [9.17, 15) is 0 Å². The molecule has 0 aromatic rings. The molecule has 0 aliphatic rings. The fraction of sp³-hybridized carbons (Fsp3) is 0.846. The summed E-state index contributed by atoms with van der Waals surface area (Å²) in [6.45, 7) is 10.8. The predicted octanol–water partition coefficient (Wildman–Crippen LogP) is 2.99. The van der Waals surface area contributed by atoms with E-state index in [1.165, 1.54) is 5.57 Å². The second kappa shape index (κ2) is 8.93. The van der Waals surface area contributed by atoms with Gasteiger partial charge in [-0.05, 0) is 32.2 Å². The van der Waals surface area contributed by atoms with Crippen LogP contribution in [0.2, 0.25) is 0 Å². The third kappa shape index (κ3) is 8.64. The van der Waals surface area contributed by atoms with Crippen molar-refractivity contribution in [2.75, 3.05) is 20.3 Å². The molecule has 1 unspecified atom stereocenters. The first-order valence-corrected chi connectivity index (χ1v) is 5.97. The van der Waals surface area contributed by atoms with Gasteiger partial charge in [0, 0.05) is 19.8 Å². The molecule has 0 saturated carbocycles. The molecule has 0 aromatic heterocycles. The van der Waals surface area contributed by atoms with Gasteiger partial charge in [-0.25, -0.2) is 0 Å². The Hall–Kier alpha value is -0.340. The summed E-state index contributed by atoms with van der Waals surface area (Å²) in [7, 11) is 1.76. The Morgan fingerprint density at radius 2 is 2.00 bits per heavy atom. The lowest BCUT2D eigenvalue weighted by molar-refractivity contribution is 0.185. The monoisotopic (exact) mass is 213 g/mol. The van der Waals surface area contributed by atoms with Crippen LogP contribution in [0, 0.1) is 5.92 Å². The lowest BCUT2D eigenvalue weighted by Gasteiger charge is -2.12. The highest BCUT2D eigenvalue weighted by Crippen LogP contribution is 2.14. The molecule has 0 aliphatic carbocycles. The van der Waals surface area contributed by atoms with E-state index >= 15 is 0 Å². The van der Waals surface area contributed by atoms with Crippen LogP contribution < -0.4 is 5.32 Å². The van der Waals surface area contributed by atoms with Crippen molar-refractivity contribution < 1.29 is 4.74 Å². The topological polar surface area (TPSA) is 21.3 Å². The summed E-state index contributed by atoms with van der Waals surface area (Å²) in [6.07, 6.45) is 4.59. The zero-order chi connectivity index (χ0) is 11.7. The summed E-state index contributed by atoms with van der Waals surface area (Å²) in [4.78, 5) is 0. The van der Waals surface area contributed by atoms with Crippen LogP contribution in [0.25, 0.3) is 0 Å². The van der Waals surface area contributed by atoms with Crippen LogP contribution in [-0.2, 0) is 4.74 Å². The Morgan fingerprint density at radius 1 is 1.33 bits per heavy atom. The Morgan fingerprint density at radius 3 is 2.53 bits per heavy atom. The van der Waals surface area contributed by atoms with Gasteiger partial charge in [0.25, 0.3) is 0 Å². The molecular weight excluding hydrogens is 186 g/mol. The second-order valence-electron chi connectivity index (χ2n) is 4.53. The Kier molecular flexibility index (Phi) is 8.73. The zero-order valence-corrected chi connectivity index (χ0v) is 11.0. The molecule has 0 spiro atoms. The molecule has 15 heavy (non-hydrogen) atoms. The number of allylic oxidation sites excluding steroid dienone is 1. The maximum Gasteiger partial charge on any atom is 0.0467 e. The molecule has 1 atom stereocenters. The van der Waals surface area contributed by atoms with Gasteiger partial charge in [0.15, 0.2) is 0 Å². The number of hydrogen-bond donors (Lipinski definition) is 1. The first-order valence-electron chi connectivity index (χ1n) is 5.97. The van der Waals surface area contributed by atoms with E-state index in [-0.39, 0.29) is 0 Å². The molecule has 90 valence electrons. The molecule has 0 rings (SSSR count). The van der Waals surface area contributed by atoms with E-state index in [1.807, 2.05) is 0 Å². The minimum atomic E-state index is 0.588. The first kappa shape index (κ1) is 14.7. The zero-order valence-electron chi connectivity index (χ0n) is 11.0. The highest BCUT2D eigenvalue weighted by atomic mass is 16.5. The molecule has 0 amide bonds. The van der Waals surface area contributed by atoms with Crippen LogP contribution in [0.4, 0.5) is 0 Å². The Bertz CT molecular complexity index is 175. The minimum Gasteiger partial charge on any atom is -0.385 e. The molecule has 0 heterocycles. The van der Waals surface area contributed by atoms with E-state index in [0.29, 0.717) is 12.0 Å². The van der Waals surface area contributed by atoms with Crippen molar-refractivity contribution in [2.45, 2.75) is 46.6 Å². The maximum atomic E-state index is 5.08. The summed E-state index contributed by atoms with van der Waals surface area (Å²) in [5.41, 5.74) is 1.48. The SMILES string of the molecule is COCCC(C)C(C)=CCCNC(C)C. The summed E-state index contributed by atoms with van der Waals surface area (Å²) in [5.74, 6) is 0.643. The molecule has 0 bridgehead atoms. The maximum absolute atomic E-state index is 5.08. The van der Waals surface area contributed by atoms with Crippen LogP contribution >= 0.6 is 0 Å². The van der Waals surface area contributed by atoms with Gasteiger partial charge >= 0.3 is 0 Å². The first-order chi connectivity index (χ1) is 7.07. The summed E-state index contributed by atoms with van der Waals surface area (Å²) >= 11 is 0. The molecule has 0 aliphatic heterocycles. The Labute approximate surface area is 95.1 Å². The normalized spacial score (nSPS) is 14.7. The van der Waals surface area contributed by atoms with E-state index < -0.39 is 0 Å². The molecule has 1 N–H and O–H groups in total. The van der Waals surface area contributed by atoms with Gasteiger partial charge < -0.3 is 10.1 Å². The van der Waals surface area contributed by atoms with Crippen molar-refractivity contribution in [3.8, 4) is 0 Å². The van der Waals surface area contributed by atoms with Crippen LogP contribution in [-0.4, -0.2) is 26.3 Å². The van der Waals surface area contributed by atoms with Crippen molar-refractivity contribution in [2.24, 2.45) is 5.92 Å². The number of rotatable bonds is 8. The van der Waals surface area contributed by atoms with Gasteiger partial charge in [0.05, 0.1) is 0 Å². The van der Waals surface area contributed by atoms with Gasteiger partial charge in [-0.2, -0.15) is 0 Å². The minimum absolute atomic E-state index is 0.588. The third-order valence-electron chi connectivity index (χ3n) is 2.70. The molecule has 0 saturated heterocycles. The van der Waals surface area contributed by atoms with Crippen molar-refractivity contribution in [1.82, 2.24) is 5.32 Å². The summed E-state index contributed by atoms with van der Waals surface area (Å²) in [5, 5.41) is 3.41. The fourth-order valence-corrected chi connectivity index (χ4v) is 1.40. The van der Waals surface area contributed by atoms with E-state index in [2.05, 4.69) is 39.1 Å². The second-order valence-corrected chi connectivity index (χ2v) is 4.53. The van der Waals surface area contributed by atoms with Crippen molar-refractivity contribution in [1.29, 1.82) is 0 Å². The van der Waals surface area contributed by atoms with Crippen LogP contribution in [0.15, 0.2) is 11.6 Å². The van der Waals surface area contributed by atoms with Gasteiger partial charge in [-0.3, -0.25) is 0 Å². The number of methoxy groups -OCH3 is 1. The average Bonchev–Trinajstić information content (AvgIpc) is 2.20. The van der Waals surface area contributed by atoms with Gasteiger partial charge in [-0.1, -0.05) is 32.4 Å². The largest absolute Gasteiger partial charge is 0.385 e. The molecule has 0 fully saturated rings. The highest BCUT2D eigenvalue weighted by molar-refractivity contribution is 5.02. The quantitative estimate of drug-likeness (QED) is 0.494. The van der Waals surface area contributed by atoms with Crippen LogP contribution in [0.1, 0.15) is 40.5 Å². The summed E-state index contributed by atoms with van der Waals surface area (Å²) in [6, 6.07) is 0.588. The third-order valence-corrected chi connectivity index (χ3v) is 2.70. The van der Waals surface area contributed by atoms with E-state index in [1.54, 1.807) is 7.11 Å². The smallest absolute Gasteiger partial charge is 0.0467 e.